The van der Waals surface area contributed by atoms with E-state index in [1.807, 2.05) is 0 Å². The topological polar surface area (TPSA) is 40.5 Å². The van der Waals surface area contributed by atoms with Crippen LogP contribution >= 0.6 is 0 Å². The molecule has 13 heavy (non-hydrogen) atoms. The molecule has 6 heteroatoms. The van der Waals surface area contributed by atoms with E-state index in [1.165, 1.54) is 0 Å². The van der Waals surface area contributed by atoms with Crippen LogP contribution in [0.15, 0.2) is 12.3 Å². The maximum atomic E-state index is 12.1. The highest BCUT2D eigenvalue weighted by atomic mass is 19.4. The summed E-state index contributed by atoms with van der Waals surface area (Å²) in [4.78, 5) is 11.1. The fraction of sp³-hybridized carbons (Fsp3) is 0.571. The average Bonchev–Trinajstić information content (AvgIpc) is 2.03. The lowest BCUT2D eigenvalue weighted by Crippen LogP contribution is -2.34. The molecule has 1 rings (SSSR count). The molecule has 1 atom stereocenters. The zero-order valence-corrected chi connectivity index (χ0v) is 6.58. The molecule has 0 bridgehead atoms. The second kappa shape index (κ2) is 3.27. The highest BCUT2D eigenvalue weighted by Gasteiger charge is 2.39. The lowest BCUT2D eigenvalue weighted by molar-refractivity contribution is -0.164. The van der Waals surface area contributed by atoms with Crippen LogP contribution in [0.25, 0.3) is 0 Å². The maximum Gasteiger partial charge on any atom is 0.411 e. The van der Waals surface area contributed by atoms with E-state index in [0.29, 0.717) is 0 Å². The van der Waals surface area contributed by atoms with Crippen molar-refractivity contribution in [3.8, 4) is 0 Å². The van der Waals surface area contributed by atoms with Crippen LogP contribution in [0, 0.1) is 5.92 Å². The number of amides is 1. The zero-order chi connectivity index (χ0) is 10.1. The molecule has 74 valence electrons. The number of carboxylic acid groups (broad SMARTS) is 1. The van der Waals surface area contributed by atoms with Gasteiger partial charge in [0.1, 0.15) is 0 Å². The highest BCUT2D eigenvalue weighted by Crippen LogP contribution is 2.32. The Labute approximate surface area is 72.4 Å². The molecule has 1 N–H and O–H groups in total. The van der Waals surface area contributed by atoms with Crippen LogP contribution < -0.4 is 0 Å². The van der Waals surface area contributed by atoms with Gasteiger partial charge in [0.25, 0.3) is 0 Å². The van der Waals surface area contributed by atoms with E-state index in [1.54, 1.807) is 0 Å². The molecule has 1 unspecified atom stereocenters. The van der Waals surface area contributed by atoms with Gasteiger partial charge < -0.3 is 5.11 Å². The Morgan fingerprint density at radius 1 is 1.54 bits per heavy atom. The molecule has 1 heterocycles. The van der Waals surface area contributed by atoms with Gasteiger partial charge in [-0.1, -0.05) is 6.08 Å². The van der Waals surface area contributed by atoms with E-state index >= 15 is 0 Å². The normalized spacial score (nSPS) is 23.3. The minimum Gasteiger partial charge on any atom is -0.465 e. The molecule has 0 saturated heterocycles. The molecular weight excluding hydrogens is 187 g/mol. The van der Waals surface area contributed by atoms with E-state index in [9.17, 15) is 18.0 Å². The van der Waals surface area contributed by atoms with Gasteiger partial charge in [0, 0.05) is 12.7 Å². The number of allylic oxidation sites excluding steroid dienone is 1. The second-order valence-electron chi connectivity index (χ2n) is 2.75. The third-order valence-electron chi connectivity index (χ3n) is 1.85. The Kier molecular flexibility index (Phi) is 2.49. The first-order valence-corrected chi connectivity index (χ1v) is 3.66. The van der Waals surface area contributed by atoms with Gasteiger partial charge >= 0.3 is 12.3 Å². The van der Waals surface area contributed by atoms with Crippen molar-refractivity contribution >= 4 is 6.09 Å². The van der Waals surface area contributed by atoms with Crippen LogP contribution in [0.5, 0.6) is 0 Å². The monoisotopic (exact) mass is 195 g/mol. The summed E-state index contributed by atoms with van der Waals surface area (Å²) in [6.45, 7) is -0.101. The summed E-state index contributed by atoms with van der Waals surface area (Å²) < 4.78 is 36.2. The number of hydrogen-bond acceptors (Lipinski definition) is 1. The van der Waals surface area contributed by atoms with Crippen LogP contribution in [-0.4, -0.2) is 28.8 Å². The molecule has 3 nitrogen and oxygen atoms in total. The third kappa shape index (κ3) is 2.37. The van der Waals surface area contributed by atoms with Crippen molar-refractivity contribution in [2.45, 2.75) is 12.6 Å². The quantitative estimate of drug-likeness (QED) is 0.642. The van der Waals surface area contributed by atoms with E-state index in [0.717, 1.165) is 17.2 Å². The van der Waals surface area contributed by atoms with Crippen LogP contribution in [0.1, 0.15) is 6.42 Å². The highest BCUT2D eigenvalue weighted by molar-refractivity contribution is 5.66. The Morgan fingerprint density at radius 2 is 2.15 bits per heavy atom. The second-order valence-corrected chi connectivity index (χ2v) is 2.75. The summed E-state index contributed by atoms with van der Waals surface area (Å²) in [6.07, 6.45) is -3.86. The molecule has 0 aromatic carbocycles. The lowest BCUT2D eigenvalue weighted by Gasteiger charge is -2.25. The van der Waals surface area contributed by atoms with Gasteiger partial charge in [0.2, 0.25) is 0 Å². The Hall–Kier alpha value is -1.20. The van der Waals surface area contributed by atoms with Crippen molar-refractivity contribution < 1.29 is 23.1 Å². The minimum atomic E-state index is -4.26. The van der Waals surface area contributed by atoms with E-state index in [-0.39, 0.29) is 13.0 Å². The number of rotatable bonds is 0. The molecule has 0 spiro atoms. The van der Waals surface area contributed by atoms with Crippen molar-refractivity contribution in [1.82, 2.24) is 4.90 Å². The smallest absolute Gasteiger partial charge is 0.411 e. The Bertz CT molecular complexity index is 236. The number of hydrogen-bond donors (Lipinski definition) is 1. The molecule has 0 fully saturated rings. The molecule has 0 aromatic rings. The van der Waals surface area contributed by atoms with Crippen LogP contribution in [-0.2, 0) is 0 Å². The van der Waals surface area contributed by atoms with Crippen LogP contribution in [0.3, 0.4) is 0 Å². The first-order chi connectivity index (χ1) is 5.91. The molecule has 1 aliphatic heterocycles. The summed E-state index contributed by atoms with van der Waals surface area (Å²) in [6, 6.07) is 0. The fourth-order valence-corrected chi connectivity index (χ4v) is 1.09. The predicted octanol–water partition coefficient (Wildman–Crippen LogP) is 2.06. The van der Waals surface area contributed by atoms with Crippen molar-refractivity contribution in [2.75, 3.05) is 6.54 Å². The summed E-state index contributed by atoms with van der Waals surface area (Å²) in [5.74, 6) is -1.51. The van der Waals surface area contributed by atoms with Gasteiger partial charge in [-0.2, -0.15) is 13.2 Å². The van der Waals surface area contributed by atoms with E-state index in [4.69, 9.17) is 5.11 Å². The van der Waals surface area contributed by atoms with E-state index < -0.39 is 18.2 Å². The van der Waals surface area contributed by atoms with Crippen molar-refractivity contribution in [1.29, 1.82) is 0 Å². The number of nitrogens with zero attached hydrogens (tertiary/aromatic N) is 1. The van der Waals surface area contributed by atoms with Gasteiger partial charge in [0.15, 0.2) is 0 Å². The van der Waals surface area contributed by atoms with Crippen LogP contribution in [0.2, 0.25) is 0 Å². The van der Waals surface area contributed by atoms with Gasteiger partial charge in [-0.3, -0.25) is 4.90 Å². The van der Waals surface area contributed by atoms with Crippen molar-refractivity contribution in [3.63, 3.8) is 0 Å². The van der Waals surface area contributed by atoms with E-state index in [2.05, 4.69) is 0 Å². The SMILES string of the molecule is O=C(O)N1C=CC(C(F)(F)F)CC1. The first-order valence-electron chi connectivity index (χ1n) is 3.66. The zero-order valence-electron chi connectivity index (χ0n) is 6.58. The standard InChI is InChI=1S/C7H8F3NO2/c8-7(9,10)5-1-3-11(4-2-5)6(12)13/h1,3,5H,2,4H2,(H,12,13). The summed E-state index contributed by atoms with van der Waals surface area (Å²) in [7, 11) is 0. The first kappa shape index (κ1) is 9.88. The minimum absolute atomic E-state index is 0.101. The number of halogens is 3. The molecule has 1 aliphatic rings. The molecule has 0 aromatic heterocycles. The fourth-order valence-electron chi connectivity index (χ4n) is 1.09. The molecule has 0 aliphatic carbocycles. The molecule has 0 saturated carbocycles. The van der Waals surface area contributed by atoms with Gasteiger partial charge in [-0.25, -0.2) is 4.79 Å². The van der Waals surface area contributed by atoms with Crippen molar-refractivity contribution in [2.24, 2.45) is 5.92 Å². The molecule has 1 amide bonds. The summed E-state index contributed by atoms with van der Waals surface area (Å²) in [5, 5.41) is 8.42. The van der Waals surface area contributed by atoms with Gasteiger partial charge in [-0.15, -0.1) is 0 Å². The maximum absolute atomic E-state index is 12.1. The molecular formula is C7H8F3NO2. The van der Waals surface area contributed by atoms with Gasteiger partial charge in [0.05, 0.1) is 5.92 Å². The van der Waals surface area contributed by atoms with Gasteiger partial charge in [-0.05, 0) is 6.42 Å². The van der Waals surface area contributed by atoms with Crippen molar-refractivity contribution in [3.05, 3.63) is 12.3 Å². The average molecular weight is 195 g/mol. The number of carbonyl (C=O) groups is 1. The number of alkyl halides is 3. The lowest BCUT2D eigenvalue weighted by atomic mass is 10.0. The summed E-state index contributed by atoms with van der Waals surface area (Å²) >= 11 is 0. The summed E-state index contributed by atoms with van der Waals surface area (Å²) in [5.41, 5.74) is 0. The Morgan fingerprint density at radius 3 is 2.46 bits per heavy atom. The largest absolute Gasteiger partial charge is 0.465 e. The van der Waals surface area contributed by atoms with Crippen LogP contribution in [0.4, 0.5) is 18.0 Å². The third-order valence-corrected chi connectivity index (χ3v) is 1.85. The Balaban J connectivity index is 2.62. The molecule has 0 radical (unpaired) electrons. The predicted molar refractivity (Wildman–Crippen MR) is 38.0 cm³/mol.